The van der Waals surface area contributed by atoms with Crippen LogP contribution in [0.1, 0.15) is 33.3 Å². The number of allylic oxidation sites excluding steroid dienone is 3. The number of epoxide rings is 1. The van der Waals surface area contributed by atoms with Crippen LogP contribution in [0, 0.1) is 0 Å². The number of hydrogen-bond acceptors (Lipinski definition) is 8. The highest BCUT2D eigenvalue weighted by Crippen LogP contribution is 2.30. The lowest BCUT2D eigenvalue weighted by molar-refractivity contribution is -0.133. The summed E-state index contributed by atoms with van der Waals surface area (Å²) < 4.78 is 15.9. The van der Waals surface area contributed by atoms with E-state index >= 15 is 0 Å². The van der Waals surface area contributed by atoms with E-state index in [1.54, 1.807) is 51.3 Å². The summed E-state index contributed by atoms with van der Waals surface area (Å²) in [6, 6.07) is 4.07. The lowest BCUT2D eigenvalue weighted by Crippen LogP contribution is -2.57. The van der Waals surface area contributed by atoms with Crippen molar-refractivity contribution in [2.24, 2.45) is 0 Å². The number of ketones is 1. The number of benzene rings is 1. The zero-order chi connectivity index (χ0) is 31.6. The van der Waals surface area contributed by atoms with E-state index in [0.29, 0.717) is 37.6 Å². The van der Waals surface area contributed by atoms with E-state index in [0.717, 1.165) is 11.1 Å². The zero-order valence-electron chi connectivity index (χ0n) is 25.7. The molecule has 3 amide bonds. The fourth-order valence-electron chi connectivity index (χ4n) is 4.37. The molecule has 2 fully saturated rings. The topological polar surface area (TPSA) is 139 Å². The van der Waals surface area contributed by atoms with Crippen molar-refractivity contribution < 1.29 is 33.4 Å². The van der Waals surface area contributed by atoms with Gasteiger partial charge in [-0.15, -0.1) is 0 Å². The van der Waals surface area contributed by atoms with Crippen LogP contribution in [0.4, 0.5) is 0 Å². The second-order valence-electron chi connectivity index (χ2n) is 11.1. The number of hydrogen-bond donors (Lipinski definition) is 3. The van der Waals surface area contributed by atoms with Crippen molar-refractivity contribution in [1.29, 1.82) is 0 Å². The summed E-state index contributed by atoms with van der Waals surface area (Å²) in [7, 11) is 1.56. The molecule has 11 heteroatoms. The zero-order valence-corrected chi connectivity index (χ0v) is 25.7. The van der Waals surface area contributed by atoms with Crippen molar-refractivity contribution >= 4 is 23.5 Å². The first-order valence-corrected chi connectivity index (χ1v) is 14.5. The van der Waals surface area contributed by atoms with Crippen molar-refractivity contribution in [2.75, 3.05) is 46.6 Å². The van der Waals surface area contributed by atoms with Gasteiger partial charge in [-0.25, -0.2) is 0 Å². The van der Waals surface area contributed by atoms with E-state index in [-0.39, 0.29) is 31.3 Å². The Bertz CT molecular complexity index is 1230. The number of amides is 3. The van der Waals surface area contributed by atoms with Crippen molar-refractivity contribution in [3.05, 3.63) is 65.8 Å². The number of nitrogens with zero attached hydrogens (tertiary/aromatic N) is 1. The smallest absolute Gasteiger partial charge is 0.243 e. The van der Waals surface area contributed by atoms with Gasteiger partial charge >= 0.3 is 0 Å². The number of methoxy groups -OCH3 is 1. The highest BCUT2D eigenvalue weighted by atomic mass is 16.6. The van der Waals surface area contributed by atoms with Crippen LogP contribution in [0.2, 0.25) is 0 Å². The van der Waals surface area contributed by atoms with Gasteiger partial charge in [0.2, 0.25) is 17.7 Å². The molecular weight excluding hydrogens is 552 g/mol. The number of Topliss-reactive ketones (excluding diaryl/α,β-unsaturated/α-hetero) is 1. The van der Waals surface area contributed by atoms with Crippen LogP contribution < -0.4 is 20.7 Å². The minimum absolute atomic E-state index is 0.130. The van der Waals surface area contributed by atoms with Crippen molar-refractivity contribution in [2.45, 2.75) is 57.8 Å². The molecule has 1 aromatic carbocycles. The summed E-state index contributed by atoms with van der Waals surface area (Å²) >= 11 is 0. The van der Waals surface area contributed by atoms with Gasteiger partial charge < -0.3 is 30.2 Å². The van der Waals surface area contributed by atoms with E-state index in [1.807, 2.05) is 30.9 Å². The van der Waals surface area contributed by atoms with Crippen LogP contribution in [0.5, 0.6) is 5.75 Å². The molecule has 2 aliphatic heterocycles. The van der Waals surface area contributed by atoms with E-state index in [1.165, 1.54) is 0 Å². The third-order valence-electron chi connectivity index (χ3n) is 7.51. The molecule has 2 heterocycles. The molecule has 3 rings (SSSR count). The van der Waals surface area contributed by atoms with Crippen LogP contribution in [-0.2, 0) is 35.1 Å². The predicted octanol–water partition coefficient (Wildman–Crippen LogP) is 1.48. The Balaban J connectivity index is 1.77. The van der Waals surface area contributed by atoms with Crippen LogP contribution in [0.25, 0.3) is 0 Å². The number of ether oxygens (including phenoxy) is 3. The fourth-order valence-corrected chi connectivity index (χ4v) is 4.37. The maximum Gasteiger partial charge on any atom is 0.243 e. The number of rotatable bonds is 15. The van der Waals surface area contributed by atoms with Crippen LogP contribution in [0.3, 0.4) is 0 Å². The van der Waals surface area contributed by atoms with Gasteiger partial charge in [0.15, 0.2) is 5.78 Å². The average molecular weight is 597 g/mol. The fraction of sp³-hybridized carbons (Fsp3) is 0.500. The lowest BCUT2D eigenvalue weighted by Gasteiger charge is -2.27. The van der Waals surface area contributed by atoms with E-state index < -0.39 is 35.5 Å². The Morgan fingerprint density at radius 3 is 2.30 bits per heavy atom. The normalized spacial score (nSPS) is 20.9. The number of nitrogens with one attached hydrogen (secondary N) is 3. The first-order chi connectivity index (χ1) is 20.4. The van der Waals surface area contributed by atoms with E-state index in [2.05, 4.69) is 22.5 Å². The molecular formula is C32H44N4O7. The average Bonchev–Trinajstić information content (AvgIpc) is 3.76. The first kappa shape index (κ1) is 33.7. The summed E-state index contributed by atoms with van der Waals surface area (Å²) in [5.41, 5.74) is 1.09. The summed E-state index contributed by atoms with van der Waals surface area (Å²) in [4.78, 5) is 54.9. The minimum Gasteiger partial charge on any atom is -0.497 e. The second kappa shape index (κ2) is 15.6. The molecule has 2 saturated heterocycles. The monoisotopic (exact) mass is 596 g/mol. The standard InChI is InChI=1S/C32H44N4O7/c1-7-21(2)8-9-22(3)28(29(38)32(5)20-43-32)35-31(40)26(18-24-10-12-25(41-6)13-11-24)34-30(39)23(4)33-27(37)19-36-14-16-42-17-15-36/h7-13,23,26,28H,3,14-20H2,1-2,4-6H3,(H,33,37)(H,34,39)(H,35,40)/b9-8-,21-7-/t23-,26-,28-,32+/m0/s1. The molecule has 0 aliphatic carbocycles. The second-order valence-corrected chi connectivity index (χ2v) is 11.1. The maximum absolute atomic E-state index is 13.7. The first-order valence-electron chi connectivity index (χ1n) is 14.5. The molecule has 0 bridgehead atoms. The molecule has 1 aromatic rings. The van der Waals surface area contributed by atoms with Crippen LogP contribution >= 0.6 is 0 Å². The largest absolute Gasteiger partial charge is 0.497 e. The molecule has 0 saturated carbocycles. The third-order valence-corrected chi connectivity index (χ3v) is 7.51. The molecule has 0 spiro atoms. The van der Waals surface area contributed by atoms with Gasteiger partial charge in [-0.05, 0) is 51.0 Å². The van der Waals surface area contributed by atoms with Crippen molar-refractivity contribution in [3.63, 3.8) is 0 Å². The summed E-state index contributed by atoms with van der Waals surface area (Å²) in [6.07, 6.45) is 5.53. The maximum atomic E-state index is 13.7. The molecule has 11 nitrogen and oxygen atoms in total. The minimum atomic E-state index is -1.07. The molecule has 0 aromatic heterocycles. The van der Waals surface area contributed by atoms with Gasteiger partial charge in [-0.2, -0.15) is 0 Å². The van der Waals surface area contributed by atoms with Gasteiger partial charge in [0.1, 0.15) is 29.5 Å². The molecule has 4 atom stereocenters. The molecule has 2 aliphatic rings. The number of carbonyl (C=O) groups excluding carboxylic acids is 4. The Kier molecular flexibility index (Phi) is 12.2. The SMILES string of the molecule is C=C(/C=C\C(C)=C/C)[C@H](NC(=O)[C@H](Cc1ccc(OC)cc1)NC(=O)[C@H](C)NC(=O)CN1CCOCC1)C(=O)[C@@]1(C)CO1. The summed E-state index contributed by atoms with van der Waals surface area (Å²) in [6.45, 7) is 13.8. The molecule has 0 radical (unpaired) electrons. The highest BCUT2D eigenvalue weighted by molar-refractivity contribution is 6.00. The summed E-state index contributed by atoms with van der Waals surface area (Å²) in [5, 5.41) is 8.28. The number of carbonyl (C=O) groups is 4. The quantitative estimate of drug-likeness (QED) is 0.205. The van der Waals surface area contributed by atoms with Crippen molar-refractivity contribution in [1.82, 2.24) is 20.9 Å². The Morgan fingerprint density at radius 1 is 1.07 bits per heavy atom. The van der Waals surface area contributed by atoms with Crippen LogP contribution in [0.15, 0.2) is 60.2 Å². The molecule has 0 unspecified atom stereocenters. The van der Waals surface area contributed by atoms with Gasteiger partial charge in [0.05, 0.1) is 33.5 Å². The summed E-state index contributed by atoms with van der Waals surface area (Å²) in [5.74, 6) is -1.09. The number of morpholine rings is 1. The Morgan fingerprint density at radius 2 is 1.72 bits per heavy atom. The lowest BCUT2D eigenvalue weighted by atomic mass is 9.94. The highest BCUT2D eigenvalue weighted by Gasteiger charge is 2.50. The van der Waals surface area contributed by atoms with Crippen molar-refractivity contribution in [3.8, 4) is 5.75 Å². The molecule has 3 N–H and O–H groups in total. The molecule has 234 valence electrons. The third kappa shape index (κ3) is 10.2. The predicted molar refractivity (Wildman–Crippen MR) is 162 cm³/mol. The van der Waals surface area contributed by atoms with Gasteiger partial charge in [-0.1, -0.05) is 42.5 Å². The van der Waals surface area contributed by atoms with E-state index in [9.17, 15) is 19.2 Å². The molecule has 43 heavy (non-hydrogen) atoms. The van der Waals surface area contributed by atoms with Gasteiger partial charge in [-0.3, -0.25) is 24.1 Å². The van der Waals surface area contributed by atoms with Gasteiger partial charge in [0, 0.05) is 19.5 Å². The Hall–Kier alpha value is -3.80. The Labute approximate surface area is 253 Å². The van der Waals surface area contributed by atoms with Gasteiger partial charge in [0.25, 0.3) is 0 Å². The van der Waals surface area contributed by atoms with Crippen LogP contribution in [-0.4, -0.2) is 98.7 Å². The van der Waals surface area contributed by atoms with E-state index in [4.69, 9.17) is 14.2 Å².